The lowest BCUT2D eigenvalue weighted by molar-refractivity contribution is -0.119. The molecule has 0 aromatic heterocycles. The third-order valence-corrected chi connectivity index (χ3v) is 6.26. The number of nitrogens with one attached hydrogen (secondary N) is 1. The van der Waals surface area contributed by atoms with Gasteiger partial charge in [-0.2, -0.15) is 0 Å². The van der Waals surface area contributed by atoms with E-state index < -0.39 is 38.8 Å². The average molecular weight is 356 g/mol. The number of carbonyl (C=O) groups is 1. The Morgan fingerprint density at radius 2 is 2.05 bits per heavy atom. The van der Waals surface area contributed by atoms with E-state index in [1.165, 1.54) is 6.07 Å². The van der Waals surface area contributed by atoms with E-state index in [1.807, 2.05) is 0 Å². The molecule has 0 saturated carbocycles. The molecular weight excluding hydrogens is 344 g/mol. The molecule has 1 saturated heterocycles. The van der Waals surface area contributed by atoms with Gasteiger partial charge in [0, 0.05) is 4.90 Å². The maximum atomic E-state index is 13.0. The molecule has 116 valence electrons. The Labute approximate surface area is 130 Å². The molecule has 1 aromatic rings. The minimum Gasteiger partial charge on any atom is -0.350 e. The van der Waals surface area contributed by atoms with Gasteiger partial charge in [-0.25, -0.2) is 17.2 Å². The minimum atomic E-state index is -3.21. The van der Waals surface area contributed by atoms with Gasteiger partial charge >= 0.3 is 0 Å². The fourth-order valence-electron chi connectivity index (χ4n) is 1.90. The fourth-order valence-corrected chi connectivity index (χ4v) is 5.18. The number of thioether (sulfide) groups is 1. The maximum Gasteiger partial charge on any atom is 0.230 e. The molecule has 21 heavy (non-hydrogen) atoms. The molecule has 1 amide bonds. The Morgan fingerprint density at radius 3 is 2.62 bits per heavy atom. The highest BCUT2D eigenvalue weighted by Gasteiger charge is 2.37. The first kappa shape index (κ1) is 16.5. The van der Waals surface area contributed by atoms with Gasteiger partial charge < -0.3 is 5.32 Å². The summed E-state index contributed by atoms with van der Waals surface area (Å²) in [5.74, 6) is -2.71. The van der Waals surface area contributed by atoms with Crippen molar-refractivity contribution < 1.29 is 22.0 Å². The third-order valence-electron chi connectivity index (χ3n) is 2.89. The zero-order valence-corrected chi connectivity index (χ0v) is 13.1. The maximum absolute atomic E-state index is 13.0. The van der Waals surface area contributed by atoms with E-state index in [-0.39, 0.29) is 17.3 Å². The molecule has 0 unspecified atom stereocenters. The first-order valence-corrected chi connectivity index (χ1v) is 9.23. The highest BCUT2D eigenvalue weighted by atomic mass is 35.5. The van der Waals surface area contributed by atoms with Crippen LogP contribution in [0.4, 0.5) is 8.78 Å². The van der Waals surface area contributed by atoms with Crippen molar-refractivity contribution in [1.29, 1.82) is 0 Å². The van der Waals surface area contributed by atoms with E-state index in [0.29, 0.717) is 4.90 Å². The molecule has 1 aliphatic rings. The van der Waals surface area contributed by atoms with Gasteiger partial charge in [-0.05, 0) is 18.2 Å². The second-order valence-electron chi connectivity index (χ2n) is 4.63. The molecule has 9 heteroatoms. The SMILES string of the molecule is O=C(CSc1ccc(F)c(F)c1)N[C@@H]1CS(=O)(=O)C[C@@H]1Cl. The summed E-state index contributed by atoms with van der Waals surface area (Å²) in [5.41, 5.74) is 0. The van der Waals surface area contributed by atoms with Crippen LogP contribution in [0.25, 0.3) is 0 Å². The lowest BCUT2D eigenvalue weighted by atomic mass is 10.2. The van der Waals surface area contributed by atoms with Crippen LogP contribution in [0.15, 0.2) is 23.1 Å². The van der Waals surface area contributed by atoms with Gasteiger partial charge in [0.15, 0.2) is 21.5 Å². The number of benzene rings is 1. The molecule has 1 aromatic carbocycles. The number of hydrogen-bond donors (Lipinski definition) is 1. The Balaban J connectivity index is 1.86. The topological polar surface area (TPSA) is 63.2 Å². The van der Waals surface area contributed by atoms with Crippen molar-refractivity contribution >= 4 is 39.1 Å². The zero-order chi connectivity index (χ0) is 15.6. The second-order valence-corrected chi connectivity index (χ2v) is 8.39. The number of halogens is 3. The van der Waals surface area contributed by atoms with Gasteiger partial charge in [-0.3, -0.25) is 4.79 Å². The van der Waals surface area contributed by atoms with Gasteiger partial charge in [0.2, 0.25) is 5.91 Å². The normalized spacial score (nSPS) is 24.0. The van der Waals surface area contributed by atoms with E-state index in [9.17, 15) is 22.0 Å². The molecule has 4 nitrogen and oxygen atoms in total. The zero-order valence-electron chi connectivity index (χ0n) is 10.7. The van der Waals surface area contributed by atoms with E-state index in [2.05, 4.69) is 5.32 Å². The molecule has 1 heterocycles. The second kappa shape index (κ2) is 6.50. The Hall–Kier alpha value is -0.860. The summed E-state index contributed by atoms with van der Waals surface area (Å²) in [7, 11) is -3.21. The van der Waals surface area contributed by atoms with Crippen LogP contribution >= 0.6 is 23.4 Å². The van der Waals surface area contributed by atoms with Gasteiger partial charge in [0.1, 0.15) is 0 Å². The van der Waals surface area contributed by atoms with Crippen LogP contribution in [0, 0.1) is 11.6 Å². The Kier molecular flexibility index (Phi) is 5.11. The quantitative estimate of drug-likeness (QED) is 0.658. The largest absolute Gasteiger partial charge is 0.350 e. The lowest BCUT2D eigenvalue weighted by Gasteiger charge is -2.14. The van der Waals surface area contributed by atoms with E-state index >= 15 is 0 Å². The minimum absolute atomic E-state index is 0.0365. The standard InChI is InChI=1S/C12H12ClF2NO3S2/c13-8-5-21(18,19)6-11(8)16-12(17)4-20-7-1-2-9(14)10(15)3-7/h1-3,8,11H,4-6H2,(H,16,17)/t8-,11+/m0/s1. The summed E-state index contributed by atoms with van der Waals surface area (Å²) in [6, 6.07) is 2.72. The molecule has 2 rings (SSSR count). The molecule has 1 aliphatic heterocycles. The predicted molar refractivity (Wildman–Crippen MR) is 77.3 cm³/mol. The summed E-state index contributed by atoms with van der Waals surface area (Å²) in [5, 5.41) is 1.90. The molecule has 0 bridgehead atoms. The predicted octanol–water partition coefficient (Wildman–Crippen LogP) is 1.58. The lowest BCUT2D eigenvalue weighted by Crippen LogP contribution is -2.41. The highest BCUT2D eigenvalue weighted by molar-refractivity contribution is 8.00. The van der Waals surface area contributed by atoms with E-state index in [1.54, 1.807) is 0 Å². The fraction of sp³-hybridized carbons (Fsp3) is 0.417. The van der Waals surface area contributed by atoms with Gasteiger partial charge in [0.05, 0.1) is 28.7 Å². The molecule has 0 aliphatic carbocycles. The van der Waals surface area contributed by atoms with Crippen molar-refractivity contribution in [3.05, 3.63) is 29.8 Å². The van der Waals surface area contributed by atoms with Gasteiger partial charge in [0.25, 0.3) is 0 Å². The number of sulfone groups is 1. The summed E-state index contributed by atoms with van der Waals surface area (Å²) >= 11 is 6.89. The summed E-state index contributed by atoms with van der Waals surface area (Å²) < 4.78 is 48.5. The molecule has 0 spiro atoms. The summed E-state index contributed by atoms with van der Waals surface area (Å²) in [4.78, 5) is 12.1. The molecule has 2 atom stereocenters. The van der Waals surface area contributed by atoms with Crippen molar-refractivity contribution in [2.24, 2.45) is 0 Å². The van der Waals surface area contributed by atoms with Gasteiger partial charge in [-0.1, -0.05) is 0 Å². The molecule has 1 N–H and O–H groups in total. The first-order chi connectivity index (χ1) is 9.77. The molecular formula is C12H12ClF2NO3S2. The Morgan fingerprint density at radius 1 is 1.33 bits per heavy atom. The van der Waals surface area contributed by atoms with Gasteiger partial charge in [-0.15, -0.1) is 23.4 Å². The average Bonchev–Trinajstić information content (AvgIpc) is 2.64. The third kappa shape index (κ3) is 4.55. The number of alkyl halides is 1. The van der Waals surface area contributed by atoms with Crippen molar-refractivity contribution in [3.8, 4) is 0 Å². The number of rotatable bonds is 4. The van der Waals surface area contributed by atoms with Crippen LogP contribution in [0.2, 0.25) is 0 Å². The summed E-state index contributed by atoms with van der Waals surface area (Å²) in [6.45, 7) is 0. The van der Waals surface area contributed by atoms with Crippen molar-refractivity contribution in [1.82, 2.24) is 5.32 Å². The van der Waals surface area contributed by atoms with Crippen molar-refractivity contribution in [3.63, 3.8) is 0 Å². The monoisotopic (exact) mass is 355 g/mol. The van der Waals surface area contributed by atoms with Crippen molar-refractivity contribution in [2.75, 3.05) is 17.3 Å². The van der Waals surface area contributed by atoms with Crippen molar-refractivity contribution in [2.45, 2.75) is 16.3 Å². The van der Waals surface area contributed by atoms with Crippen LogP contribution in [-0.2, 0) is 14.6 Å². The number of amides is 1. The Bertz CT molecular complexity index is 654. The van der Waals surface area contributed by atoms with E-state index in [4.69, 9.17) is 11.6 Å². The highest BCUT2D eigenvalue weighted by Crippen LogP contribution is 2.21. The summed E-state index contributed by atoms with van der Waals surface area (Å²) in [6.07, 6.45) is 0. The number of carbonyl (C=O) groups excluding carboxylic acids is 1. The van der Waals surface area contributed by atoms with Crippen LogP contribution < -0.4 is 5.32 Å². The first-order valence-electron chi connectivity index (χ1n) is 5.98. The smallest absolute Gasteiger partial charge is 0.230 e. The molecule has 1 fully saturated rings. The van der Waals surface area contributed by atoms with Crippen LogP contribution in [0.3, 0.4) is 0 Å². The van der Waals surface area contributed by atoms with E-state index in [0.717, 1.165) is 23.9 Å². The van der Waals surface area contributed by atoms with Crippen LogP contribution in [0.1, 0.15) is 0 Å². The van der Waals surface area contributed by atoms with Crippen LogP contribution in [0.5, 0.6) is 0 Å². The van der Waals surface area contributed by atoms with Crippen LogP contribution in [-0.4, -0.2) is 43.0 Å². The molecule has 0 radical (unpaired) electrons. The number of hydrogen-bond acceptors (Lipinski definition) is 4.